The molecule has 0 aliphatic heterocycles. The van der Waals surface area contributed by atoms with E-state index in [4.69, 9.17) is 0 Å². The van der Waals surface area contributed by atoms with E-state index in [1.807, 2.05) is 11.6 Å². The molecule has 0 radical (unpaired) electrons. The number of carbonyl (C=O) groups excluding carboxylic acids is 2. The zero-order chi connectivity index (χ0) is 20.1. The van der Waals surface area contributed by atoms with E-state index >= 15 is 0 Å². The number of fused-ring (bicyclic) bond motifs is 1. The van der Waals surface area contributed by atoms with E-state index in [2.05, 4.69) is 40.4 Å². The van der Waals surface area contributed by atoms with Crippen LogP contribution in [-0.4, -0.2) is 39.0 Å². The summed E-state index contributed by atoms with van der Waals surface area (Å²) in [5.41, 5.74) is 1.44. The third-order valence-corrected chi connectivity index (χ3v) is 7.06. The Bertz CT molecular complexity index is 874. The SMILES string of the molecule is C=CCNC(=O)NC(=O)CSc1nnc(-c2cc3c(s2)CC[C@H](CC)C3)n1C. The van der Waals surface area contributed by atoms with Gasteiger partial charge in [-0.1, -0.05) is 31.2 Å². The lowest BCUT2D eigenvalue weighted by atomic mass is 9.87. The molecule has 0 aromatic carbocycles. The summed E-state index contributed by atoms with van der Waals surface area (Å²) in [5, 5.41) is 14.0. The van der Waals surface area contributed by atoms with Gasteiger partial charge in [0, 0.05) is 18.5 Å². The number of aromatic nitrogens is 3. The van der Waals surface area contributed by atoms with Crippen molar-refractivity contribution in [2.45, 2.75) is 37.8 Å². The Hall–Kier alpha value is -2.13. The van der Waals surface area contributed by atoms with Crippen molar-refractivity contribution >= 4 is 35.0 Å². The first-order chi connectivity index (χ1) is 13.5. The van der Waals surface area contributed by atoms with Gasteiger partial charge in [0.05, 0.1) is 10.6 Å². The van der Waals surface area contributed by atoms with Crippen LogP contribution in [0.5, 0.6) is 0 Å². The second-order valence-corrected chi connectivity index (χ2v) is 8.86. The molecule has 2 aromatic rings. The number of hydrogen-bond donors (Lipinski definition) is 2. The summed E-state index contributed by atoms with van der Waals surface area (Å²) in [5.74, 6) is 1.31. The van der Waals surface area contributed by atoms with Gasteiger partial charge in [0.25, 0.3) is 0 Å². The maximum atomic E-state index is 11.9. The Balaban J connectivity index is 1.62. The molecule has 0 saturated heterocycles. The number of nitrogens with zero attached hydrogens (tertiary/aromatic N) is 3. The molecule has 28 heavy (non-hydrogen) atoms. The largest absolute Gasteiger partial charge is 0.334 e. The standard InChI is InChI=1S/C19H25N5O2S2/c1-4-8-20-18(26)21-16(25)11-27-19-23-22-17(24(19)3)15-10-13-9-12(5-2)6-7-14(13)28-15/h4,10,12H,1,5-9,11H2,2-3H3,(H2,20,21,25,26)/t12-/m0/s1. The van der Waals surface area contributed by atoms with Gasteiger partial charge in [0.1, 0.15) is 0 Å². The van der Waals surface area contributed by atoms with Gasteiger partial charge in [-0.3, -0.25) is 10.1 Å². The molecule has 2 aromatic heterocycles. The average molecular weight is 420 g/mol. The Kier molecular flexibility index (Phi) is 6.90. The minimum atomic E-state index is -0.529. The number of hydrogen-bond acceptors (Lipinski definition) is 6. The molecule has 0 unspecified atom stereocenters. The number of thioether (sulfide) groups is 1. The molecule has 1 atom stereocenters. The van der Waals surface area contributed by atoms with Gasteiger partial charge in [0.2, 0.25) is 5.91 Å². The zero-order valence-corrected chi connectivity index (χ0v) is 17.8. The molecule has 1 aliphatic rings. The second-order valence-electron chi connectivity index (χ2n) is 6.78. The third-order valence-electron chi connectivity index (χ3n) is 4.81. The summed E-state index contributed by atoms with van der Waals surface area (Å²) in [6.07, 6.45) is 6.33. The molecule has 0 fully saturated rings. The van der Waals surface area contributed by atoms with E-state index in [0.29, 0.717) is 11.7 Å². The lowest BCUT2D eigenvalue weighted by Gasteiger charge is -2.19. The molecule has 2 heterocycles. The van der Waals surface area contributed by atoms with E-state index in [1.54, 1.807) is 17.4 Å². The first kappa shape index (κ1) is 20.6. The smallest absolute Gasteiger partial charge is 0.321 e. The Morgan fingerprint density at radius 2 is 2.29 bits per heavy atom. The highest BCUT2D eigenvalue weighted by atomic mass is 32.2. The number of thiophene rings is 1. The van der Waals surface area contributed by atoms with Crippen molar-refractivity contribution in [1.29, 1.82) is 0 Å². The molecule has 0 spiro atoms. The molecule has 2 N–H and O–H groups in total. The summed E-state index contributed by atoms with van der Waals surface area (Å²) < 4.78 is 1.91. The fraction of sp³-hybridized carbons (Fsp3) is 0.474. The lowest BCUT2D eigenvalue weighted by molar-refractivity contribution is -0.117. The fourth-order valence-corrected chi connectivity index (χ4v) is 5.15. The van der Waals surface area contributed by atoms with Crippen LogP contribution in [0.4, 0.5) is 4.79 Å². The number of carbonyl (C=O) groups is 2. The van der Waals surface area contributed by atoms with Crippen molar-refractivity contribution in [1.82, 2.24) is 25.4 Å². The van der Waals surface area contributed by atoms with Crippen LogP contribution in [0.2, 0.25) is 0 Å². The molecular formula is C19H25N5O2S2. The van der Waals surface area contributed by atoms with Gasteiger partial charge in [-0.25, -0.2) is 4.79 Å². The Morgan fingerprint density at radius 3 is 3.04 bits per heavy atom. The van der Waals surface area contributed by atoms with Crippen LogP contribution in [-0.2, 0) is 24.7 Å². The number of amides is 3. The summed E-state index contributed by atoms with van der Waals surface area (Å²) in [6.45, 7) is 6.07. The van der Waals surface area contributed by atoms with Crippen LogP contribution in [0.25, 0.3) is 10.7 Å². The van der Waals surface area contributed by atoms with Gasteiger partial charge >= 0.3 is 6.03 Å². The van der Waals surface area contributed by atoms with Crippen molar-refractivity contribution < 1.29 is 9.59 Å². The summed E-state index contributed by atoms with van der Waals surface area (Å²) in [7, 11) is 1.90. The third kappa shape index (κ3) is 4.82. The first-order valence-electron chi connectivity index (χ1n) is 9.34. The predicted octanol–water partition coefficient (Wildman–Crippen LogP) is 3.16. The number of urea groups is 1. The van der Waals surface area contributed by atoms with E-state index in [9.17, 15) is 9.59 Å². The number of rotatable bonds is 7. The average Bonchev–Trinajstić information content (AvgIpc) is 3.26. The predicted molar refractivity (Wildman–Crippen MR) is 113 cm³/mol. The van der Waals surface area contributed by atoms with Gasteiger partial charge in [-0.05, 0) is 36.8 Å². The fourth-order valence-electron chi connectivity index (χ4n) is 3.21. The van der Waals surface area contributed by atoms with Crippen molar-refractivity contribution in [3.8, 4) is 10.7 Å². The minimum absolute atomic E-state index is 0.0899. The summed E-state index contributed by atoms with van der Waals surface area (Å²) >= 11 is 3.05. The van der Waals surface area contributed by atoms with Gasteiger partial charge < -0.3 is 9.88 Å². The van der Waals surface area contributed by atoms with E-state index in [-0.39, 0.29) is 11.7 Å². The monoisotopic (exact) mass is 419 g/mol. The number of imide groups is 1. The topological polar surface area (TPSA) is 88.9 Å². The molecule has 3 amide bonds. The summed E-state index contributed by atoms with van der Waals surface area (Å²) in [4.78, 5) is 26.0. The van der Waals surface area contributed by atoms with Gasteiger partial charge in [-0.2, -0.15) is 0 Å². The van der Waals surface area contributed by atoms with Gasteiger partial charge in [-0.15, -0.1) is 28.1 Å². The molecule has 1 aliphatic carbocycles. The van der Waals surface area contributed by atoms with Gasteiger partial charge in [0.15, 0.2) is 11.0 Å². The van der Waals surface area contributed by atoms with Crippen LogP contribution < -0.4 is 10.6 Å². The van der Waals surface area contributed by atoms with E-state index < -0.39 is 6.03 Å². The number of aryl methyl sites for hydroxylation is 1. The molecule has 3 rings (SSSR count). The highest BCUT2D eigenvalue weighted by Gasteiger charge is 2.22. The Labute approximate surface area is 173 Å². The van der Waals surface area contributed by atoms with E-state index in [1.165, 1.54) is 35.0 Å². The van der Waals surface area contributed by atoms with Crippen LogP contribution >= 0.6 is 23.1 Å². The molecule has 9 heteroatoms. The maximum absolute atomic E-state index is 11.9. The van der Waals surface area contributed by atoms with E-state index in [0.717, 1.165) is 29.5 Å². The van der Waals surface area contributed by atoms with Crippen molar-refractivity contribution in [3.05, 3.63) is 29.2 Å². The zero-order valence-electron chi connectivity index (χ0n) is 16.2. The van der Waals surface area contributed by atoms with Crippen LogP contribution in [0.15, 0.2) is 23.9 Å². The van der Waals surface area contributed by atoms with Crippen molar-refractivity contribution in [2.24, 2.45) is 13.0 Å². The van der Waals surface area contributed by atoms with Crippen LogP contribution in [0.3, 0.4) is 0 Å². The molecule has 0 saturated carbocycles. The molecule has 150 valence electrons. The minimum Gasteiger partial charge on any atom is -0.334 e. The molecule has 7 nitrogen and oxygen atoms in total. The van der Waals surface area contributed by atoms with Crippen LogP contribution in [0.1, 0.15) is 30.2 Å². The van der Waals surface area contributed by atoms with Crippen LogP contribution in [0, 0.1) is 5.92 Å². The highest BCUT2D eigenvalue weighted by molar-refractivity contribution is 7.99. The molecule has 0 bridgehead atoms. The van der Waals surface area contributed by atoms with Crippen molar-refractivity contribution in [3.63, 3.8) is 0 Å². The molecular weight excluding hydrogens is 394 g/mol. The second kappa shape index (κ2) is 9.38. The maximum Gasteiger partial charge on any atom is 0.321 e. The lowest BCUT2D eigenvalue weighted by Crippen LogP contribution is -2.40. The Morgan fingerprint density at radius 1 is 1.46 bits per heavy atom. The quantitative estimate of drug-likeness (QED) is 0.532. The van der Waals surface area contributed by atoms with Crippen molar-refractivity contribution in [2.75, 3.05) is 12.3 Å². The summed E-state index contributed by atoms with van der Waals surface area (Å²) in [6, 6.07) is 1.72. The first-order valence-corrected chi connectivity index (χ1v) is 11.1. The number of nitrogens with one attached hydrogen (secondary N) is 2. The normalized spacial score (nSPS) is 15.7. The highest BCUT2D eigenvalue weighted by Crippen LogP contribution is 2.37.